The van der Waals surface area contributed by atoms with Gasteiger partial charge < -0.3 is 10.2 Å². The minimum absolute atomic E-state index is 0.0849. The van der Waals surface area contributed by atoms with Crippen LogP contribution in [0.25, 0.3) is 5.69 Å². The molecule has 1 aromatic heterocycles. The molecule has 1 saturated heterocycles. The Bertz CT molecular complexity index is 937. The third kappa shape index (κ3) is 4.89. The Morgan fingerprint density at radius 2 is 1.83 bits per heavy atom. The van der Waals surface area contributed by atoms with Crippen molar-refractivity contribution in [3.63, 3.8) is 0 Å². The van der Waals surface area contributed by atoms with Crippen LogP contribution in [0.4, 0.5) is 10.2 Å². The molecule has 30 heavy (non-hydrogen) atoms. The van der Waals surface area contributed by atoms with Crippen molar-refractivity contribution in [2.45, 2.75) is 57.4 Å². The van der Waals surface area contributed by atoms with Crippen molar-refractivity contribution in [1.82, 2.24) is 15.1 Å². The number of nitrogens with one attached hydrogen (secondary N) is 1. The van der Waals surface area contributed by atoms with Crippen LogP contribution < -0.4 is 15.8 Å². The molecule has 1 atom stereocenters. The van der Waals surface area contributed by atoms with E-state index in [4.69, 9.17) is 0 Å². The van der Waals surface area contributed by atoms with Gasteiger partial charge >= 0.3 is 0 Å². The molecule has 0 spiro atoms. The van der Waals surface area contributed by atoms with E-state index in [1.807, 2.05) is 0 Å². The van der Waals surface area contributed by atoms with Crippen molar-refractivity contribution in [2.75, 3.05) is 18.0 Å². The Labute approximate surface area is 176 Å². The molecule has 1 saturated carbocycles. The zero-order chi connectivity index (χ0) is 20.9. The van der Waals surface area contributed by atoms with Gasteiger partial charge in [-0.15, -0.1) is 5.10 Å². The number of nitrogens with zero attached hydrogens (tertiary/aromatic N) is 3. The molecule has 7 heteroatoms. The fraction of sp³-hybridized carbons (Fsp3) is 0.522. The highest BCUT2D eigenvalue weighted by molar-refractivity contribution is 5.79. The van der Waals surface area contributed by atoms with Crippen molar-refractivity contribution < 1.29 is 9.18 Å². The van der Waals surface area contributed by atoms with Crippen LogP contribution in [-0.4, -0.2) is 34.8 Å². The number of carbonyl (C=O) groups excluding carboxylic acids is 1. The first-order valence-electron chi connectivity index (χ1n) is 11.0. The van der Waals surface area contributed by atoms with Crippen molar-refractivity contribution in [2.24, 2.45) is 5.92 Å². The maximum Gasteiger partial charge on any atom is 0.271 e. The maximum atomic E-state index is 13.6. The number of anilines is 1. The average Bonchev–Trinajstić information content (AvgIpc) is 3.03. The Hall–Kier alpha value is -2.70. The van der Waals surface area contributed by atoms with Crippen LogP contribution in [0.15, 0.2) is 41.2 Å². The Kier molecular flexibility index (Phi) is 6.45. The summed E-state index contributed by atoms with van der Waals surface area (Å²) >= 11 is 0. The van der Waals surface area contributed by atoms with E-state index in [-0.39, 0.29) is 17.4 Å². The highest BCUT2D eigenvalue weighted by Gasteiger charge is 2.28. The second-order valence-corrected chi connectivity index (χ2v) is 8.40. The van der Waals surface area contributed by atoms with E-state index in [0.29, 0.717) is 24.1 Å². The van der Waals surface area contributed by atoms with Crippen LogP contribution in [0.1, 0.15) is 51.4 Å². The second kappa shape index (κ2) is 9.41. The Morgan fingerprint density at radius 1 is 1.03 bits per heavy atom. The van der Waals surface area contributed by atoms with Gasteiger partial charge in [-0.05, 0) is 49.9 Å². The molecule has 0 radical (unpaired) electrons. The number of hydrogen-bond acceptors (Lipinski definition) is 4. The van der Waals surface area contributed by atoms with Crippen molar-refractivity contribution in [3.05, 3.63) is 52.6 Å². The fourth-order valence-corrected chi connectivity index (χ4v) is 4.50. The predicted octanol–water partition coefficient (Wildman–Crippen LogP) is 3.43. The molecule has 2 aromatic rings. The van der Waals surface area contributed by atoms with Gasteiger partial charge in [-0.2, -0.15) is 4.68 Å². The van der Waals surface area contributed by atoms with E-state index < -0.39 is 5.82 Å². The van der Waals surface area contributed by atoms with E-state index in [0.717, 1.165) is 32.2 Å². The molecule has 1 N–H and O–H groups in total. The Balaban J connectivity index is 1.47. The van der Waals surface area contributed by atoms with E-state index in [9.17, 15) is 14.0 Å². The van der Waals surface area contributed by atoms with Gasteiger partial charge in [0.25, 0.3) is 5.56 Å². The third-order valence-corrected chi connectivity index (χ3v) is 6.16. The number of aromatic nitrogens is 2. The monoisotopic (exact) mass is 412 g/mol. The number of halogens is 1. The van der Waals surface area contributed by atoms with E-state index >= 15 is 0 Å². The van der Waals surface area contributed by atoms with Crippen LogP contribution >= 0.6 is 0 Å². The molecule has 160 valence electrons. The summed E-state index contributed by atoms with van der Waals surface area (Å²) in [6, 6.07) is 9.26. The van der Waals surface area contributed by atoms with Crippen molar-refractivity contribution in [3.8, 4) is 5.69 Å². The summed E-state index contributed by atoms with van der Waals surface area (Å²) in [6.45, 7) is 1.36. The van der Waals surface area contributed by atoms with Crippen molar-refractivity contribution in [1.29, 1.82) is 0 Å². The molecule has 2 heterocycles. The first-order chi connectivity index (χ1) is 14.6. The topological polar surface area (TPSA) is 67.2 Å². The standard InChI is InChI=1S/C23H29FN4O2/c24-18-8-5-11-20(15-18)28-22(29)13-12-21(26-28)27-14-6-7-17(16-27)23(30)25-19-9-3-1-2-4-10-19/h5,8,11-13,15,17,19H,1-4,6-7,9-10,14,16H2,(H,25,30)/t17-/m1/s1. The summed E-state index contributed by atoms with van der Waals surface area (Å²) in [6.07, 6.45) is 8.79. The SMILES string of the molecule is O=C(NC1CCCCCC1)[C@@H]1CCCN(c2ccc(=O)n(-c3cccc(F)c3)n2)C1. The lowest BCUT2D eigenvalue weighted by Gasteiger charge is -2.33. The molecule has 4 rings (SSSR count). The Morgan fingerprint density at radius 3 is 2.60 bits per heavy atom. The summed E-state index contributed by atoms with van der Waals surface area (Å²) < 4.78 is 14.8. The van der Waals surface area contributed by atoms with Gasteiger partial charge in [0, 0.05) is 25.2 Å². The van der Waals surface area contributed by atoms with Gasteiger partial charge in [-0.1, -0.05) is 31.7 Å². The lowest BCUT2D eigenvalue weighted by Crippen LogP contribution is -2.46. The van der Waals surface area contributed by atoms with Crippen LogP contribution in [0.2, 0.25) is 0 Å². The number of carbonyl (C=O) groups is 1. The number of rotatable bonds is 4. The number of amides is 1. The molecule has 1 aliphatic carbocycles. The first-order valence-corrected chi connectivity index (χ1v) is 11.0. The average molecular weight is 413 g/mol. The van der Waals surface area contributed by atoms with Crippen LogP contribution in [0, 0.1) is 11.7 Å². The molecular weight excluding hydrogens is 383 g/mol. The largest absolute Gasteiger partial charge is 0.354 e. The molecule has 1 amide bonds. The van der Waals surface area contributed by atoms with Crippen LogP contribution in [0.3, 0.4) is 0 Å². The van der Waals surface area contributed by atoms with Gasteiger partial charge in [-0.25, -0.2) is 4.39 Å². The fourth-order valence-electron chi connectivity index (χ4n) is 4.50. The molecule has 0 bridgehead atoms. The molecule has 1 aromatic carbocycles. The molecular formula is C23H29FN4O2. The highest BCUT2D eigenvalue weighted by Crippen LogP contribution is 2.23. The normalized spacial score (nSPS) is 20.6. The van der Waals surface area contributed by atoms with E-state index in [2.05, 4.69) is 15.3 Å². The van der Waals surface area contributed by atoms with Gasteiger partial charge in [0.1, 0.15) is 11.6 Å². The maximum absolute atomic E-state index is 13.6. The lowest BCUT2D eigenvalue weighted by molar-refractivity contribution is -0.126. The molecule has 0 unspecified atom stereocenters. The number of piperidine rings is 1. The van der Waals surface area contributed by atoms with Crippen molar-refractivity contribution >= 4 is 11.7 Å². The van der Waals surface area contributed by atoms with Crippen LogP contribution in [-0.2, 0) is 4.79 Å². The molecule has 2 fully saturated rings. The number of hydrogen-bond donors (Lipinski definition) is 1. The quantitative estimate of drug-likeness (QED) is 0.782. The van der Waals surface area contributed by atoms with Gasteiger partial charge in [0.15, 0.2) is 0 Å². The summed E-state index contributed by atoms with van der Waals surface area (Å²) in [7, 11) is 0. The number of benzene rings is 1. The molecule has 2 aliphatic rings. The molecule has 6 nitrogen and oxygen atoms in total. The third-order valence-electron chi connectivity index (χ3n) is 6.16. The van der Waals surface area contributed by atoms with Gasteiger partial charge in [0.05, 0.1) is 11.6 Å². The summed E-state index contributed by atoms with van der Waals surface area (Å²) in [5, 5.41) is 7.73. The van der Waals surface area contributed by atoms with E-state index in [1.165, 1.54) is 48.6 Å². The zero-order valence-electron chi connectivity index (χ0n) is 17.2. The second-order valence-electron chi connectivity index (χ2n) is 8.40. The predicted molar refractivity (Wildman–Crippen MR) is 114 cm³/mol. The summed E-state index contributed by atoms with van der Waals surface area (Å²) in [5.74, 6) is 0.258. The van der Waals surface area contributed by atoms with Crippen LogP contribution in [0.5, 0.6) is 0 Å². The summed E-state index contributed by atoms with van der Waals surface area (Å²) in [4.78, 5) is 27.2. The lowest BCUT2D eigenvalue weighted by atomic mass is 9.96. The van der Waals surface area contributed by atoms with Gasteiger partial charge in [-0.3, -0.25) is 9.59 Å². The van der Waals surface area contributed by atoms with E-state index in [1.54, 1.807) is 18.2 Å². The minimum Gasteiger partial charge on any atom is -0.354 e. The molecule has 1 aliphatic heterocycles. The first kappa shape index (κ1) is 20.6. The van der Waals surface area contributed by atoms with Gasteiger partial charge in [0.2, 0.25) is 5.91 Å². The summed E-state index contributed by atoms with van der Waals surface area (Å²) in [5.41, 5.74) is 0.0746. The zero-order valence-corrected chi connectivity index (χ0v) is 17.2. The minimum atomic E-state index is -0.417. The highest BCUT2D eigenvalue weighted by atomic mass is 19.1. The smallest absolute Gasteiger partial charge is 0.271 e.